The molecule has 0 aliphatic heterocycles. The summed E-state index contributed by atoms with van der Waals surface area (Å²) in [5, 5.41) is 1.25. The summed E-state index contributed by atoms with van der Waals surface area (Å²) in [5.74, 6) is 2.96. The molecular formula is C14H12BrN. The fourth-order valence-corrected chi connectivity index (χ4v) is 3.43. The third-order valence-corrected chi connectivity index (χ3v) is 4.33. The van der Waals surface area contributed by atoms with Crippen molar-refractivity contribution in [3.8, 4) is 12.3 Å². The number of aryl methyl sites for hydroxylation is 1. The Balaban J connectivity index is 2.39. The number of hydrogen-bond acceptors (Lipinski definition) is 0. The Bertz CT molecular complexity index is 572. The predicted molar refractivity (Wildman–Crippen MR) is 70.4 cm³/mol. The lowest BCUT2D eigenvalue weighted by molar-refractivity contribution is 0.775. The number of aromatic nitrogens is 1. The standard InChI is InChI=1S/C14H12BrN/c1-3-14(8-9-14)13-12(15)10-6-4-5-7-11(10)16(13)2/h1,4-7H,8-9H2,2H3. The SMILES string of the molecule is C#CC1(c2c(Br)c3ccccc3n2C)CC1. The maximum atomic E-state index is 5.68. The quantitative estimate of drug-likeness (QED) is 0.700. The number of rotatable bonds is 1. The van der Waals surface area contributed by atoms with Gasteiger partial charge in [0.05, 0.1) is 11.1 Å². The Morgan fingerprint density at radius 2 is 2.06 bits per heavy atom. The Morgan fingerprint density at radius 3 is 2.62 bits per heavy atom. The second-order valence-corrected chi connectivity index (χ2v) is 5.26. The molecule has 1 aliphatic carbocycles. The monoisotopic (exact) mass is 273 g/mol. The van der Waals surface area contributed by atoms with E-state index in [1.807, 2.05) is 0 Å². The molecular weight excluding hydrogens is 262 g/mol. The Morgan fingerprint density at radius 1 is 1.38 bits per heavy atom. The average molecular weight is 274 g/mol. The van der Waals surface area contributed by atoms with Gasteiger partial charge in [-0.1, -0.05) is 24.1 Å². The molecule has 1 nitrogen and oxygen atoms in total. The highest BCUT2D eigenvalue weighted by Gasteiger charge is 2.46. The van der Waals surface area contributed by atoms with Crippen LogP contribution >= 0.6 is 15.9 Å². The number of fused-ring (bicyclic) bond motifs is 1. The van der Waals surface area contributed by atoms with E-state index in [0.717, 1.165) is 12.8 Å². The van der Waals surface area contributed by atoms with Crippen molar-refractivity contribution in [2.24, 2.45) is 7.05 Å². The Kier molecular flexibility index (Phi) is 1.96. The minimum absolute atomic E-state index is 0.0212. The lowest BCUT2D eigenvalue weighted by Gasteiger charge is -2.10. The highest BCUT2D eigenvalue weighted by Crippen LogP contribution is 2.51. The zero-order valence-corrected chi connectivity index (χ0v) is 10.7. The van der Waals surface area contributed by atoms with Gasteiger partial charge in [0.2, 0.25) is 0 Å². The van der Waals surface area contributed by atoms with Crippen LogP contribution in [0.3, 0.4) is 0 Å². The third kappa shape index (κ3) is 1.13. The average Bonchev–Trinajstić information content (AvgIpc) is 3.05. The number of para-hydroxylation sites is 1. The van der Waals surface area contributed by atoms with E-state index < -0.39 is 0 Å². The summed E-state index contributed by atoms with van der Waals surface area (Å²) in [4.78, 5) is 0. The van der Waals surface area contributed by atoms with Crippen LogP contribution in [0, 0.1) is 12.3 Å². The van der Waals surface area contributed by atoms with Gasteiger partial charge in [-0.2, -0.15) is 0 Å². The first-order chi connectivity index (χ1) is 7.69. The molecule has 80 valence electrons. The summed E-state index contributed by atoms with van der Waals surface area (Å²) < 4.78 is 3.40. The van der Waals surface area contributed by atoms with Crippen LogP contribution < -0.4 is 0 Å². The fraction of sp³-hybridized carbons (Fsp3) is 0.286. The molecule has 0 radical (unpaired) electrons. The van der Waals surface area contributed by atoms with Crippen molar-refractivity contribution < 1.29 is 0 Å². The van der Waals surface area contributed by atoms with Crippen molar-refractivity contribution in [2.75, 3.05) is 0 Å². The van der Waals surface area contributed by atoms with Crippen LogP contribution in [-0.4, -0.2) is 4.57 Å². The van der Waals surface area contributed by atoms with E-state index >= 15 is 0 Å². The van der Waals surface area contributed by atoms with Crippen LogP contribution in [0.15, 0.2) is 28.7 Å². The van der Waals surface area contributed by atoms with E-state index in [-0.39, 0.29) is 5.41 Å². The van der Waals surface area contributed by atoms with E-state index in [1.54, 1.807) is 0 Å². The predicted octanol–water partition coefficient (Wildman–Crippen LogP) is 3.61. The minimum Gasteiger partial charge on any atom is -0.345 e. The number of nitrogens with zero attached hydrogens (tertiary/aromatic N) is 1. The molecule has 1 aromatic heterocycles. The molecule has 1 heterocycles. The summed E-state index contributed by atoms with van der Waals surface area (Å²) in [6, 6.07) is 8.39. The van der Waals surface area contributed by atoms with Crippen LogP contribution in [0.25, 0.3) is 10.9 Å². The molecule has 0 atom stereocenters. The van der Waals surface area contributed by atoms with Crippen molar-refractivity contribution in [3.63, 3.8) is 0 Å². The fourth-order valence-electron chi connectivity index (χ4n) is 2.45. The molecule has 2 aromatic rings. The first-order valence-corrected chi connectivity index (χ1v) is 6.20. The number of hydrogen-bond donors (Lipinski definition) is 0. The lowest BCUT2D eigenvalue weighted by atomic mass is 10.0. The van der Waals surface area contributed by atoms with Gasteiger partial charge in [0.1, 0.15) is 0 Å². The van der Waals surface area contributed by atoms with E-state index in [2.05, 4.69) is 57.7 Å². The van der Waals surface area contributed by atoms with Crippen molar-refractivity contribution >= 4 is 26.8 Å². The van der Waals surface area contributed by atoms with Gasteiger partial charge in [0.25, 0.3) is 0 Å². The zero-order chi connectivity index (χ0) is 11.3. The van der Waals surface area contributed by atoms with Gasteiger partial charge >= 0.3 is 0 Å². The molecule has 0 saturated heterocycles. The van der Waals surface area contributed by atoms with Crippen molar-refractivity contribution in [1.29, 1.82) is 0 Å². The molecule has 2 heteroatoms. The van der Waals surface area contributed by atoms with Gasteiger partial charge in [-0.15, -0.1) is 6.42 Å². The zero-order valence-electron chi connectivity index (χ0n) is 9.13. The first-order valence-electron chi connectivity index (χ1n) is 5.41. The molecule has 3 rings (SSSR count). The summed E-state index contributed by atoms with van der Waals surface area (Å²) in [6.45, 7) is 0. The first kappa shape index (κ1) is 9.99. The van der Waals surface area contributed by atoms with Gasteiger partial charge < -0.3 is 4.57 Å². The van der Waals surface area contributed by atoms with E-state index in [4.69, 9.17) is 6.42 Å². The second-order valence-electron chi connectivity index (χ2n) is 4.47. The van der Waals surface area contributed by atoms with Crippen LogP contribution in [0.4, 0.5) is 0 Å². The molecule has 16 heavy (non-hydrogen) atoms. The van der Waals surface area contributed by atoms with Gasteiger partial charge in [0.15, 0.2) is 0 Å². The summed E-state index contributed by atoms with van der Waals surface area (Å²) in [6.07, 6.45) is 7.88. The van der Waals surface area contributed by atoms with Gasteiger partial charge in [-0.3, -0.25) is 0 Å². The van der Waals surface area contributed by atoms with Crippen LogP contribution in [0.2, 0.25) is 0 Å². The molecule has 0 unspecified atom stereocenters. The molecule has 1 aromatic carbocycles. The van der Waals surface area contributed by atoms with Crippen LogP contribution in [0.5, 0.6) is 0 Å². The maximum absolute atomic E-state index is 5.68. The van der Waals surface area contributed by atoms with E-state index in [1.165, 1.54) is 21.1 Å². The summed E-state index contributed by atoms with van der Waals surface area (Å²) in [7, 11) is 2.10. The molecule has 1 saturated carbocycles. The second kappa shape index (κ2) is 3.15. The van der Waals surface area contributed by atoms with Crippen molar-refractivity contribution in [2.45, 2.75) is 18.3 Å². The van der Waals surface area contributed by atoms with Gasteiger partial charge in [0, 0.05) is 22.4 Å². The molecule has 1 aliphatic rings. The third-order valence-electron chi connectivity index (χ3n) is 3.52. The molecule has 0 N–H and O–H groups in total. The number of benzene rings is 1. The maximum Gasteiger partial charge on any atom is 0.0724 e. The summed E-state index contributed by atoms with van der Waals surface area (Å²) in [5.41, 5.74) is 2.48. The molecule has 0 spiro atoms. The Hall–Kier alpha value is -1.20. The van der Waals surface area contributed by atoms with Crippen molar-refractivity contribution in [1.82, 2.24) is 4.57 Å². The minimum atomic E-state index is -0.0212. The summed E-state index contributed by atoms with van der Waals surface area (Å²) >= 11 is 3.70. The molecule has 0 bridgehead atoms. The van der Waals surface area contributed by atoms with E-state index in [0.29, 0.717) is 0 Å². The number of halogens is 1. The van der Waals surface area contributed by atoms with Crippen molar-refractivity contribution in [3.05, 3.63) is 34.4 Å². The number of terminal acetylenes is 1. The van der Waals surface area contributed by atoms with Crippen LogP contribution in [0.1, 0.15) is 18.5 Å². The van der Waals surface area contributed by atoms with Gasteiger partial charge in [-0.25, -0.2) is 0 Å². The topological polar surface area (TPSA) is 4.93 Å². The smallest absolute Gasteiger partial charge is 0.0724 e. The largest absolute Gasteiger partial charge is 0.345 e. The molecule has 0 amide bonds. The van der Waals surface area contributed by atoms with Gasteiger partial charge in [-0.05, 0) is 34.8 Å². The highest BCUT2D eigenvalue weighted by atomic mass is 79.9. The molecule has 1 fully saturated rings. The van der Waals surface area contributed by atoms with E-state index in [9.17, 15) is 0 Å². The highest BCUT2D eigenvalue weighted by molar-refractivity contribution is 9.10. The Labute approximate surface area is 104 Å². The lowest BCUT2D eigenvalue weighted by Crippen LogP contribution is -2.09. The van der Waals surface area contributed by atoms with Crippen LogP contribution in [-0.2, 0) is 12.5 Å². The normalized spacial score (nSPS) is 17.3.